The van der Waals surface area contributed by atoms with Crippen molar-refractivity contribution in [2.24, 2.45) is 0 Å². The van der Waals surface area contributed by atoms with Gasteiger partial charge in [-0.1, -0.05) is 19.0 Å². The van der Waals surface area contributed by atoms with Crippen molar-refractivity contribution in [3.63, 3.8) is 0 Å². The van der Waals surface area contributed by atoms with Crippen LogP contribution in [0.2, 0.25) is 0 Å². The summed E-state index contributed by atoms with van der Waals surface area (Å²) in [7, 11) is 1.86. The van der Waals surface area contributed by atoms with E-state index in [1.165, 1.54) is 0 Å². The Hall–Kier alpha value is -0.900. The minimum Gasteiger partial charge on any atom is -0.339 e. The van der Waals surface area contributed by atoms with E-state index in [9.17, 15) is 0 Å². The van der Waals surface area contributed by atoms with Crippen LogP contribution in [0.3, 0.4) is 0 Å². The highest BCUT2D eigenvalue weighted by Crippen LogP contribution is 2.15. The van der Waals surface area contributed by atoms with Gasteiger partial charge >= 0.3 is 0 Å². The Morgan fingerprint density at radius 1 is 1.58 bits per heavy atom. The minimum absolute atomic E-state index is 0.364. The molecule has 0 saturated carbocycles. The van der Waals surface area contributed by atoms with Gasteiger partial charge in [0.05, 0.1) is 6.54 Å². The first-order valence-electron chi connectivity index (χ1n) is 4.25. The van der Waals surface area contributed by atoms with Gasteiger partial charge in [0.15, 0.2) is 5.82 Å². The lowest BCUT2D eigenvalue weighted by molar-refractivity contribution is 0.352. The first-order valence-corrected chi connectivity index (χ1v) is 4.25. The molecule has 0 radical (unpaired) electrons. The molecule has 0 spiro atoms. The smallest absolute Gasteiger partial charge is 0.229 e. The maximum atomic E-state index is 5.07. The second-order valence-electron chi connectivity index (χ2n) is 2.89. The topological polar surface area (TPSA) is 51.0 Å². The van der Waals surface area contributed by atoms with Crippen LogP contribution in [0.25, 0.3) is 0 Å². The molecule has 0 amide bonds. The molecule has 1 rings (SSSR count). The summed E-state index contributed by atoms with van der Waals surface area (Å²) in [6, 6.07) is 0. The molecule has 1 N–H and O–H groups in total. The Kier molecular flexibility index (Phi) is 3.22. The van der Waals surface area contributed by atoms with E-state index in [4.69, 9.17) is 4.52 Å². The molecule has 0 fully saturated rings. The van der Waals surface area contributed by atoms with Gasteiger partial charge in [-0.15, -0.1) is 0 Å². The first-order chi connectivity index (χ1) is 5.77. The quantitative estimate of drug-likeness (QED) is 0.738. The van der Waals surface area contributed by atoms with Crippen LogP contribution in [0.15, 0.2) is 4.52 Å². The Labute approximate surface area is 72.4 Å². The van der Waals surface area contributed by atoms with Crippen LogP contribution in [-0.2, 0) is 6.54 Å². The van der Waals surface area contributed by atoms with Crippen molar-refractivity contribution in [3.8, 4) is 0 Å². The van der Waals surface area contributed by atoms with Gasteiger partial charge in [0.1, 0.15) is 0 Å². The standard InChI is InChI=1S/C8H15N3O/c1-4-6(2)8-10-7(5-9-3)11-12-8/h6,9H,4-5H2,1-3H3. The van der Waals surface area contributed by atoms with E-state index in [1.54, 1.807) is 0 Å². The third-order valence-electron chi connectivity index (χ3n) is 1.85. The first kappa shape index (κ1) is 9.19. The Morgan fingerprint density at radius 3 is 2.92 bits per heavy atom. The predicted molar refractivity (Wildman–Crippen MR) is 45.8 cm³/mol. The van der Waals surface area contributed by atoms with E-state index >= 15 is 0 Å². The zero-order chi connectivity index (χ0) is 8.97. The Balaban J connectivity index is 2.63. The van der Waals surface area contributed by atoms with Gasteiger partial charge in [0, 0.05) is 5.92 Å². The van der Waals surface area contributed by atoms with Crippen molar-refractivity contribution >= 4 is 0 Å². The minimum atomic E-state index is 0.364. The zero-order valence-corrected chi connectivity index (χ0v) is 7.79. The number of aromatic nitrogens is 2. The summed E-state index contributed by atoms with van der Waals surface area (Å²) in [5, 5.41) is 6.80. The van der Waals surface area contributed by atoms with E-state index in [0.717, 1.165) is 18.1 Å². The predicted octanol–water partition coefficient (Wildman–Crippen LogP) is 1.30. The Morgan fingerprint density at radius 2 is 2.33 bits per heavy atom. The largest absolute Gasteiger partial charge is 0.339 e. The van der Waals surface area contributed by atoms with Gasteiger partial charge in [-0.2, -0.15) is 4.98 Å². The maximum absolute atomic E-state index is 5.07. The average Bonchev–Trinajstić information content (AvgIpc) is 2.52. The summed E-state index contributed by atoms with van der Waals surface area (Å²) in [4.78, 5) is 4.23. The highest BCUT2D eigenvalue weighted by atomic mass is 16.5. The molecule has 0 aromatic carbocycles. The molecule has 1 heterocycles. The third-order valence-corrected chi connectivity index (χ3v) is 1.85. The van der Waals surface area contributed by atoms with Gasteiger partial charge in [0.25, 0.3) is 0 Å². The van der Waals surface area contributed by atoms with Crippen LogP contribution in [0.1, 0.15) is 37.9 Å². The molecule has 1 atom stereocenters. The monoisotopic (exact) mass is 169 g/mol. The van der Waals surface area contributed by atoms with Crippen molar-refractivity contribution in [1.29, 1.82) is 0 Å². The van der Waals surface area contributed by atoms with Crippen molar-refractivity contribution in [2.75, 3.05) is 7.05 Å². The number of hydrogen-bond acceptors (Lipinski definition) is 4. The van der Waals surface area contributed by atoms with E-state index < -0.39 is 0 Å². The molecular formula is C8H15N3O. The van der Waals surface area contributed by atoms with Gasteiger partial charge in [-0.3, -0.25) is 0 Å². The molecule has 0 aliphatic heterocycles. The van der Waals surface area contributed by atoms with Crippen LogP contribution < -0.4 is 5.32 Å². The lowest BCUT2D eigenvalue weighted by Gasteiger charge is -1.98. The summed E-state index contributed by atoms with van der Waals surface area (Å²) in [6.07, 6.45) is 1.03. The van der Waals surface area contributed by atoms with E-state index in [0.29, 0.717) is 12.5 Å². The zero-order valence-electron chi connectivity index (χ0n) is 7.79. The molecule has 12 heavy (non-hydrogen) atoms. The lowest BCUT2D eigenvalue weighted by Crippen LogP contribution is -2.06. The second-order valence-corrected chi connectivity index (χ2v) is 2.89. The molecule has 0 aliphatic rings. The van der Waals surface area contributed by atoms with Crippen LogP contribution in [-0.4, -0.2) is 17.2 Å². The fourth-order valence-corrected chi connectivity index (χ4v) is 0.872. The van der Waals surface area contributed by atoms with Gasteiger partial charge in [0.2, 0.25) is 5.89 Å². The number of nitrogens with zero attached hydrogens (tertiary/aromatic N) is 2. The summed E-state index contributed by atoms with van der Waals surface area (Å²) < 4.78 is 5.07. The normalized spacial score (nSPS) is 13.2. The molecule has 0 saturated heterocycles. The van der Waals surface area contributed by atoms with Crippen LogP contribution in [0.5, 0.6) is 0 Å². The molecule has 0 aliphatic carbocycles. The molecule has 68 valence electrons. The van der Waals surface area contributed by atoms with Gasteiger partial charge in [-0.25, -0.2) is 0 Å². The van der Waals surface area contributed by atoms with Crippen LogP contribution in [0.4, 0.5) is 0 Å². The molecule has 1 unspecified atom stereocenters. The summed E-state index contributed by atoms with van der Waals surface area (Å²) in [6.45, 7) is 4.85. The summed E-state index contributed by atoms with van der Waals surface area (Å²) in [5.41, 5.74) is 0. The highest BCUT2D eigenvalue weighted by Gasteiger charge is 2.11. The highest BCUT2D eigenvalue weighted by molar-refractivity contribution is 4.91. The number of hydrogen-bond donors (Lipinski definition) is 1. The van der Waals surface area contributed by atoms with Crippen molar-refractivity contribution in [1.82, 2.24) is 15.5 Å². The summed E-state index contributed by atoms with van der Waals surface area (Å²) in [5.74, 6) is 1.83. The van der Waals surface area contributed by atoms with E-state index in [1.807, 2.05) is 7.05 Å². The van der Waals surface area contributed by atoms with Crippen molar-refractivity contribution < 1.29 is 4.52 Å². The van der Waals surface area contributed by atoms with Gasteiger partial charge in [-0.05, 0) is 13.5 Å². The Bertz CT molecular complexity index is 234. The second kappa shape index (κ2) is 4.21. The fraction of sp³-hybridized carbons (Fsp3) is 0.750. The molecule has 4 nitrogen and oxygen atoms in total. The molecular weight excluding hydrogens is 154 g/mol. The lowest BCUT2D eigenvalue weighted by atomic mass is 10.1. The average molecular weight is 169 g/mol. The molecule has 4 heteroatoms. The number of nitrogens with one attached hydrogen (secondary N) is 1. The van der Waals surface area contributed by atoms with Crippen molar-refractivity contribution in [3.05, 3.63) is 11.7 Å². The SMILES string of the molecule is CCC(C)c1nc(CNC)no1. The molecule has 0 bridgehead atoms. The van der Waals surface area contributed by atoms with E-state index in [-0.39, 0.29) is 0 Å². The van der Waals surface area contributed by atoms with Gasteiger partial charge < -0.3 is 9.84 Å². The summed E-state index contributed by atoms with van der Waals surface area (Å²) >= 11 is 0. The number of rotatable bonds is 4. The van der Waals surface area contributed by atoms with Crippen molar-refractivity contribution in [2.45, 2.75) is 32.7 Å². The van der Waals surface area contributed by atoms with E-state index in [2.05, 4.69) is 29.3 Å². The maximum Gasteiger partial charge on any atom is 0.229 e. The van der Waals surface area contributed by atoms with Crippen LogP contribution >= 0.6 is 0 Å². The van der Waals surface area contributed by atoms with Crippen LogP contribution in [0, 0.1) is 0 Å². The molecule has 1 aromatic rings. The molecule has 1 aromatic heterocycles. The third kappa shape index (κ3) is 2.04. The fourth-order valence-electron chi connectivity index (χ4n) is 0.872.